The molecule has 7 nitrogen and oxygen atoms in total. The predicted molar refractivity (Wildman–Crippen MR) is 92.1 cm³/mol. The lowest BCUT2D eigenvalue weighted by Gasteiger charge is -2.34. The van der Waals surface area contributed by atoms with Gasteiger partial charge in [-0.05, 0) is 31.7 Å². The number of hydrogen-bond acceptors (Lipinski definition) is 5. The molecular weight excluding hydrogens is 330 g/mol. The molecule has 1 N–H and O–H groups in total. The van der Waals surface area contributed by atoms with Crippen LogP contribution in [0.25, 0.3) is 0 Å². The first kappa shape index (κ1) is 18.4. The van der Waals surface area contributed by atoms with Gasteiger partial charge in [0.15, 0.2) is 0 Å². The van der Waals surface area contributed by atoms with E-state index in [1.807, 2.05) is 18.7 Å². The largest absolute Gasteiger partial charge is 0.348 e. The number of carbonyl (C=O) groups is 2. The minimum absolute atomic E-state index is 0.00408. The van der Waals surface area contributed by atoms with Gasteiger partial charge < -0.3 is 10.2 Å². The van der Waals surface area contributed by atoms with Gasteiger partial charge in [0, 0.05) is 31.1 Å². The van der Waals surface area contributed by atoms with Gasteiger partial charge in [0.1, 0.15) is 0 Å². The standard InChI is InChI=1S/C16H23N3O4S/c1-3-11(4-2)16(21)18-9-7-12(8-10-18)17-15(20)13-5-6-14(24-13)19(22)23/h5-6,11-12H,3-4,7-10H2,1-2H3,(H,17,20). The zero-order chi connectivity index (χ0) is 17.7. The van der Waals surface area contributed by atoms with Gasteiger partial charge in [0.2, 0.25) is 5.91 Å². The molecule has 0 saturated carbocycles. The molecule has 0 radical (unpaired) electrons. The van der Waals surface area contributed by atoms with Gasteiger partial charge in [0.05, 0.1) is 9.80 Å². The number of carbonyl (C=O) groups excluding carboxylic acids is 2. The van der Waals surface area contributed by atoms with E-state index in [1.54, 1.807) is 0 Å². The zero-order valence-electron chi connectivity index (χ0n) is 14.0. The summed E-state index contributed by atoms with van der Waals surface area (Å²) in [5.41, 5.74) is 0. The van der Waals surface area contributed by atoms with Crippen molar-refractivity contribution in [2.45, 2.75) is 45.6 Å². The molecule has 1 aliphatic rings. The molecule has 2 amide bonds. The minimum Gasteiger partial charge on any atom is -0.348 e. The highest BCUT2D eigenvalue weighted by Gasteiger charge is 2.27. The molecule has 0 atom stereocenters. The first-order valence-electron chi connectivity index (χ1n) is 8.30. The molecule has 1 aliphatic heterocycles. The lowest BCUT2D eigenvalue weighted by molar-refractivity contribution is -0.380. The van der Waals surface area contributed by atoms with E-state index in [2.05, 4.69) is 5.32 Å². The third kappa shape index (κ3) is 4.31. The summed E-state index contributed by atoms with van der Waals surface area (Å²) in [7, 11) is 0. The molecule has 1 fully saturated rings. The summed E-state index contributed by atoms with van der Waals surface area (Å²) in [6, 6.07) is 2.82. The van der Waals surface area contributed by atoms with Crippen molar-refractivity contribution < 1.29 is 14.5 Å². The number of amides is 2. The van der Waals surface area contributed by atoms with Gasteiger partial charge >= 0.3 is 5.00 Å². The Bertz CT molecular complexity index is 604. The van der Waals surface area contributed by atoms with Crippen LogP contribution in [0.1, 0.15) is 49.2 Å². The Labute approximate surface area is 145 Å². The van der Waals surface area contributed by atoms with Crippen LogP contribution in [0.5, 0.6) is 0 Å². The SMILES string of the molecule is CCC(CC)C(=O)N1CCC(NC(=O)c2ccc([N+](=O)[O-])s2)CC1. The Kier molecular flexibility index (Phi) is 6.30. The summed E-state index contributed by atoms with van der Waals surface area (Å²) in [5, 5.41) is 13.6. The van der Waals surface area contributed by atoms with Gasteiger partial charge in [0.25, 0.3) is 5.91 Å². The van der Waals surface area contributed by atoms with Crippen molar-refractivity contribution >= 4 is 28.2 Å². The van der Waals surface area contributed by atoms with Crippen LogP contribution in [0.2, 0.25) is 0 Å². The van der Waals surface area contributed by atoms with E-state index in [9.17, 15) is 19.7 Å². The van der Waals surface area contributed by atoms with E-state index < -0.39 is 4.92 Å². The lowest BCUT2D eigenvalue weighted by atomic mass is 9.98. The molecule has 0 spiro atoms. The number of nitro groups is 1. The summed E-state index contributed by atoms with van der Waals surface area (Å²) in [4.78, 5) is 36.9. The molecule has 0 bridgehead atoms. The van der Waals surface area contributed by atoms with Gasteiger partial charge in [-0.2, -0.15) is 0 Å². The molecule has 0 unspecified atom stereocenters. The van der Waals surface area contributed by atoms with Crippen molar-refractivity contribution in [2.24, 2.45) is 5.92 Å². The number of nitrogens with one attached hydrogen (secondary N) is 1. The molecule has 1 aromatic rings. The Morgan fingerprint density at radius 3 is 2.46 bits per heavy atom. The van der Waals surface area contributed by atoms with E-state index >= 15 is 0 Å². The van der Waals surface area contributed by atoms with Crippen LogP contribution in [-0.2, 0) is 4.79 Å². The van der Waals surface area contributed by atoms with Crippen molar-refractivity contribution in [2.75, 3.05) is 13.1 Å². The highest BCUT2D eigenvalue weighted by molar-refractivity contribution is 7.17. The summed E-state index contributed by atoms with van der Waals surface area (Å²) >= 11 is 0.877. The summed E-state index contributed by atoms with van der Waals surface area (Å²) in [6.45, 7) is 5.34. The van der Waals surface area contributed by atoms with Gasteiger partial charge in [-0.1, -0.05) is 25.2 Å². The first-order chi connectivity index (χ1) is 11.5. The van der Waals surface area contributed by atoms with E-state index in [4.69, 9.17) is 0 Å². The van der Waals surface area contributed by atoms with Crippen molar-refractivity contribution in [3.8, 4) is 0 Å². The molecule has 2 heterocycles. The Morgan fingerprint density at radius 2 is 1.96 bits per heavy atom. The molecule has 8 heteroatoms. The maximum Gasteiger partial charge on any atom is 0.324 e. The number of thiophene rings is 1. The van der Waals surface area contributed by atoms with Crippen molar-refractivity contribution in [3.63, 3.8) is 0 Å². The van der Waals surface area contributed by atoms with Crippen molar-refractivity contribution in [3.05, 3.63) is 27.1 Å². The molecular formula is C16H23N3O4S. The number of likely N-dealkylation sites (tertiary alicyclic amines) is 1. The van der Waals surface area contributed by atoms with E-state index in [0.29, 0.717) is 30.8 Å². The highest BCUT2D eigenvalue weighted by atomic mass is 32.1. The molecule has 1 saturated heterocycles. The molecule has 2 rings (SSSR count). The fourth-order valence-corrected chi connectivity index (χ4v) is 3.67. The quantitative estimate of drug-likeness (QED) is 0.629. The van der Waals surface area contributed by atoms with Gasteiger partial charge in [-0.3, -0.25) is 19.7 Å². The first-order valence-corrected chi connectivity index (χ1v) is 9.11. The fourth-order valence-electron chi connectivity index (χ4n) is 2.94. The number of hydrogen-bond donors (Lipinski definition) is 1. The average Bonchev–Trinajstić information content (AvgIpc) is 3.07. The zero-order valence-corrected chi connectivity index (χ0v) is 14.8. The van der Waals surface area contributed by atoms with Crippen LogP contribution >= 0.6 is 11.3 Å². The summed E-state index contributed by atoms with van der Waals surface area (Å²) in [5.74, 6) is 0.0133. The fraction of sp³-hybridized carbons (Fsp3) is 0.625. The number of nitrogens with zero attached hydrogens (tertiary/aromatic N) is 2. The molecule has 0 aromatic carbocycles. The van der Waals surface area contributed by atoms with Gasteiger partial charge in [-0.15, -0.1) is 0 Å². The van der Waals surface area contributed by atoms with Crippen LogP contribution in [0, 0.1) is 16.0 Å². The molecule has 0 aliphatic carbocycles. The minimum atomic E-state index is -0.497. The second-order valence-electron chi connectivity index (χ2n) is 5.98. The smallest absolute Gasteiger partial charge is 0.324 e. The van der Waals surface area contributed by atoms with Crippen molar-refractivity contribution in [1.29, 1.82) is 0 Å². The van der Waals surface area contributed by atoms with Crippen molar-refractivity contribution in [1.82, 2.24) is 10.2 Å². The third-order valence-electron chi connectivity index (χ3n) is 4.47. The lowest BCUT2D eigenvalue weighted by Crippen LogP contribution is -2.47. The maximum atomic E-state index is 12.4. The number of piperidine rings is 1. The predicted octanol–water partition coefficient (Wildman–Crippen LogP) is 2.81. The highest BCUT2D eigenvalue weighted by Crippen LogP contribution is 2.24. The summed E-state index contributed by atoms with van der Waals surface area (Å²) in [6.07, 6.45) is 3.13. The number of rotatable bonds is 6. The Balaban J connectivity index is 1.85. The van der Waals surface area contributed by atoms with Crippen LogP contribution in [0.4, 0.5) is 5.00 Å². The van der Waals surface area contributed by atoms with Crippen LogP contribution in [0.3, 0.4) is 0 Å². The molecule has 24 heavy (non-hydrogen) atoms. The van der Waals surface area contributed by atoms with Crippen LogP contribution < -0.4 is 5.32 Å². The molecule has 132 valence electrons. The van der Waals surface area contributed by atoms with Gasteiger partial charge in [-0.25, -0.2) is 0 Å². The average molecular weight is 353 g/mol. The molecule has 1 aromatic heterocycles. The summed E-state index contributed by atoms with van der Waals surface area (Å²) < 4.78 is 0. The topological polar surface area (TPSA) is 92.6 Å². The monoisotopic (exact) mass is 353 g/mol. The maximum absolute atomic E-state index is 12.4. The normalized spacial score (nSPS) is 15.5. The second kappa shape index (κ2) is 8.23. The van der Waals surface area contributed by atoms with E-state index in [-0.39, 0.29) is 28.8 Å². The second-order valence-corrected chi connectivity index (χ2v) is 7.04. The Hall–Kier alpha value is -1.96. The van der Waals surface area contributed by atoms with E-state index in [1.165, 1.54) is 12.1 Å². The van der Waals surface area contributed by atoms with Crippen LogP contribution in [0.15, 0.2) is 12.1 Å². The van der Waals surface area contributed by atoms with E-state index in [0.717, 1.165) is 24.2 Å². The Morgan fingerprint density at radius 1 is 1.33 bits per heavy atom. The van der Waals surface area contributed by atoms with Crippen LogP contribution in [-0.4, -0.2) is 40.8 Å². The third-order valence-corrected chi connectivity index (χ3v) is 5.51.